The highest BCUT2D eigenvalue weighted by Crippen LogP contribution is 2.33. The van der Waals surface area contributed by atoms with Crippen molar-refractivity contribution in [3.63, 3.8) is 0 Å². The molecule has 5 heteroatoms. The summed E-state index contributed by atoms with van der Waals surface area (Å²) in [5, 5.41) is 11.7. The van der Waals surface area contributed by atoms with Crippen molar-refractivity contribution in [2.24, 2.45) is 0 Å². The van der Waals surface area contributed by atoms with Gasteiger partial charge in [-0.15, -0.1) is 0 Å². The minimum atomic E-state index is -0.474. The summed E-state index contributed by atoms with van der Waals surface area (Å²) in [6, 6.07) is 6.78. The van der Waals surface area contributed by atoms with E-state index in [1.54, 1.807) is 18.2 Å². The van der Waals surface area contributed by atoms with E-state index in [1.807, 2.05) is 6.92 Å². The lowest BCUT2D eigenvalue weighted by atomic mass is 10.1. The summed E-state index contributed by atoms with van der Waals surface area (Å²) in [6.45, 7) is 2.88. The molecule has 0 saturated carbocycles. The number of para-hydroxylation sites is 1. The Balaban J connectivity index is 2.18. The number of amides is 1. The van der Waals surface area contributed by atoms with Crippen molar-refractivity contribution < 1.29 is 14.3 Å². The van der Waals surface area contributed by atoms with Crippen LogP contribution in [0, 0.1) is 11.3 Å². The van der Waals surface area contributed by atoms with Crippen LogP contribution in [0.2, 0.25) is 0 Å². The van der Waals surface area contributed by atoms with Crippen LogP contribution in [-0.4, -0.2) is 25.2 Å². The lowest BCUT2D eigenvalue weighted by molar-refractivity contribution is 0.0933. The molecular weight excluding hydrogens is 244 g/mol. The third-order valence-electron chi connectivity index (χ3n) is 2.85. The summed E-state index contributed by atoms with van der Waals surface area (Å²) in [4.78, 5) is 12.2. The number of carbonyl (C=O) groups excluding carboxylic acids is 1. The molecule has 5 nitrogen and oxygen atoms in total. The minimum absolute atomic E-state index is 0.303. The topological polar surface area (TPSA) is 71.4 Å². The standard InChI is InChI=1S/C14H16N2O3/c1-2-4-10(9-15)16-14(17)11-5-3-6-12-13(11)19-8-7-18-12/h3,5-6,10H,2,4,7-8H2,1H3,(H,16,17)/t10-/m0/s1. The molecule has 0 saturated heterocycles. The van der Waals surface area contributed by atoms with Crippen molar-refractivity contribution in [2.75, 3.05) is 13.2 Å². The molecule has 1 aliphatic heterocycles. The van der Waals surface area contributed by atoms with Gasteiger partial charge in [-0.3, -0.25) is 4.79 Å². The van der Waals surface area contributed by atoms with Crippen LogP contribution in [0.1, 0.15) is 30.1 Å². The van der Waals surface area contributed by atoms with Crippen LogP contribution >= 0.6 is 0 Å². The lowest BCUT2D eigenvalue weighted by Gasteiger charge is -2.21. The number of rotatable bonds is 4. The molecule has 1 aliphatic rings. The monoisotopic (exact) mass is 260 g/mol. The average molecular weight is 260 g/mol. The van der Waals surface area contributed by atoms with Crippen LogP contribution in [0.5, 0.6) is 11.5 Å². The highest BCUT2D eigenvalue weighted by atomic mass is 16.6. The van der Waals surface area contributed by atoms with E-state index >= 15 is 0 Å². The Morgan fingerprint density at radius 2 is 2.26 bits per heavy atom. The maximum Gasteiger partial charge on any atom is 0.256 e. The number of fused-ring (bicyclic) bond motifs is 1. The van der Waals surface area contributed by atoms with Crippen LogP contribution in [0.3, 0.4) is 0 Å². The number of nitrogens with one attached hydrogen (secondary N) is 1. The number of hydrogen-bond acceptors (Lipinski definition) is 4. The summed E-state index contributed by atoms with van der Waals surface area (Å²) in [6.07, 6.45) is 1.47. The van der Waals surface area contributed by atoms with Crippen LogP contribution in [0.4, 0.5) is 0 Å². The fourth-order valence-corrected chi connectivity index (χ4v) is 1.95. The Kier molecular flexibility index (Phi) is 4.24. The third kappa shape index (κ3) is 2.97. The molecule has 1 atom stereocenters. The Morgan fingerprint density at radius 1 is 1.47 bits per heavy atom. The number of carbonyl (C=O) groups is 1. The van der Waals surface area contributed by atoms with Crippen molar-refractivity contribution in [3.05, 3.63) is 23.8 Å². The smallest absolute Gasteiger partial charge is 0.256 e. The maximum atomic E-state index is 12.2. The predicted molar refractivity (Wildman–Crippen MR) is 69.2 cm³/mol. The van der Waals surface area contributed by atoms with E-state index in [9.17, 15) is 4.79 Å². The van der Waals surface area contributed by atoms with Crippen molar-refractivity contribution >= 4 is 5.91 Å². The first-order valence-electron chi connectivity index (χ1n) is 6.35. The fraction of sp³-hybridized carbons (Fsp3) is 0.429. The van der Waals surface area contributed by atoms with Gasteiger partial charge in [0.1, 0.15) is 19.3 Å². The first-order valence-corrected chi connectivity index (χ1v) is 6.35. The molecule has 1 N–H and O–H groups in total. The highest BCUT2D eigenvalue weighted by Gasteiger charge is 2.21. The summed E-state index contributed by atoms with van der Waals surface area (Å²) < 4.78 is 10.9. The molecule has 1 aromatic carbocycles. The van der Waals surface area contributed by atoms with E-state index in [0.29, 0.717) is 36.7 Å². The predicted octanol–water partition coefficient (Wildman–Crippen LogP) is 1.88. The van der Waals surface area contributed by atoms with Gasteiger partial charge in [0, 0.05) is 0 Å². The zero-order valence-corrected chi connectivity index (χ0v) is 10.8. The van der Waals surface area contributed by atoms with E-state index in [0.717, 1.165) is 6.42 Å². The second kappa shape index (κ2) is 6.10. The summed E-state index contributed by atoms with van der Waals surface area (Å²) in [5.74, 6) is 0.727. The first kappa shape index (κ1) is 13.2. The first-order chi connectivity index (χ1) is 9.26. The Bertz CT molecular complexity index is 508. The Labute approximate surface area is 112 Å². The summed E-state index contributed by atoms with van der Waals surface area (Å²) in [7, 11) is 0. The molecule has 0 unspecified atom stereocenters. The molecule has 1 amide bonds. The molecule has 0 aromatic heterocycles. The van der Waals surface area contributed by atoms with Gasteiger partial charge in [-0.1, -0.05) is 19.4 Å². The van der Waals surface area contributed by atoms with Gasteiger partial charge in [-0.05, 0) is 18.6 Å². The normalized spacial score (nSPS) is 14.3. The highest BCUT2D eigenvalue weighted by molar-refractivity contribution is 5.98. The van der Waals surface area contributed by atoms with E-state index in [-0.39, 0.29) is 5.91 Å². The molecule has 0 bridgehead atoms. The molecule has 19 heavy (non-hydrogen) atoms. The van der Waals surface area contributed by atoms with E-state index in [2.05, 4.69) is 11.4 Å². The van der Waals surface area contributed by atoms with E-state index in [1.165, 1.54) is 0 Å². The second-order valence-corrected chi connectivity index (χ2v) is 4.27. The van der Waals surface area contributed by atoms with E-state index in [4.69, 9.17) is 14.7 Å². The van der Waals surface area contributed by atoms with Gasteiger partial charge in [0.25, 0.3) is 5.91 Å². The molecule has 1 heterocycles. The van der Waals surface area contributed by atoms with Crippen LogP contribution in [0.15, 0.2) is 18.2 Å². The van der Waals surface area contributed by atoms with Gasteiger partial charge in [-0.25, -0.2) is 0 Å². The Morgan fingerprint density at radius 3 is 3.00 bits per heavy atom. The zero-order valence-electron chi connectivity index (χ0n) is 10.8. The number of hydrogen-bond donors (Lipinski definition) is 1. The molecule has 100 valence electrons. The van der Waals surface area contributed by atoms with Crippen LogP contribution in [-0.2, 0) is 0 Å². The number of benzene rings is 1. The van der Waals surface area contributed by atoms with Crippen molar-refractivity contribution in [1.82, 2.24) is 5.32 Å². The zero-order chi connectivity index (χ0) is 13.7. The van der Waals surface area contributed by atoms with Gasteiger partial charge < -0.3 is 14.8 Å². The number of ether oxygens (including phenoxy) is 2. The average Bonchev–Trinajstić information content (AvgIpc) is 2.46. The van der Waals surface area contributed by atoms with Crippen molar-refractivity contribution in [2.45, 2.75) is 25.8 Å². The molecule has 0 aliphatic carbocycles. The SMILES string of the molecule is CCC[C@@H](C#N)NC(=O)c1cccc2c1OCCO2. The second-order valence-electron chi connectivity index (χ2n) is 4.27. The summed E-state index contributed by atoms with van der Waals surface area (Å²) in [5.41, 5.74) is 0.411. The Hall–Kier alpha value is -2.22. The van der Waals surface area contributed by atoms with Gasteiger partial charge >= 0.3 is 0 Å². The molecular formula is C14H16N2O3. The maximum absolute atomic E-state index is 12.2. The van der Waals surface area contributed by atoms with E-state index < -0.39 is 6.04 Å². The fourth-order valence-electron chi connectivity index (χ4n) is 1.95. The molecule has 2 rings (SSSR count). The number of nitriles is 1. The van der Waals surface area contributed by atoms with Gasteiger partial charge in [0.05, 0.1) is 11.6 Å². The summed E-state index contributed by atoms with van der Waals surface area (Å²) >= 11 is 0. The van der Waals surface area contributed by atoms with Crippen LogP contribution in [0.25, 0.3) is 0 Å². The van der Waals surface area contributed by atoms with Crippen molar-refractivity contribution in [1.29, 1.82) is 5.26 Å². The van der Waals surface area contributed by atoms with Gasteiger partial charge in [-0.2, -0.15) is 5.26 Å². The quantitative estimate of drug-likeness (QED) is 0.897. The molecule has 1 aromatic rings. The molecule has 0 radical (unpaired) electrons. The minimum Gasteiger partial charge on any atom is -0.486 e. The van der Waals surface area contributed by atoms with Crippen LogP contribution < -0.4 is 14.8 Å². The molecule has 0 fully saturated rings. The molecule has 0 spiro atoms. The van der Waals surface area contributed by atoms with Gasteiger partial charge in [0.2, 0.25) is 0 Å². The largest absolute Gasteiger partial charge is 0.486 e. The third-order valence-corrected chi connectivity index (χ3v) is 2.85. The van der Waals surface area contributed by atoms with Gasteiger partial charge in [0.15, 0.2) is 11.5 Å². The lowest BCUT2D eigenvalue weighted by Crippen LogP contribution is -2.34. The van der Waals surface area contributed by atoms with Crippen molar-refractivity contribution in [3.8, 4) is 17.6 Å². The number of nitrogens with zero attached hydrogens (tertiary/aromatic N) is 1.